The average molecular weight is 314 g/mol. The van der Waals surface area contributed by atoms with Crippen molar-refractivity contribution in [3.8, 4) is 0 Å². The van der Waals surface area contributed by atoms with Gasteiger partial charge < -0.3 is 14.5 Å². The summed E-state index contributed by atoms with van der Waals surface area (Å²) in [6, 6.07) is 9.70. The highest BCUT2D eigenvalue weighted by Gasteiger charge is 2.39. The second-order valence-corrected chi connectivity index (χ2v) is 7.28. The third-order valence-corrected chi connectivity index (χ3v) is 5.68. The van der Waals surface area contributed by atoms with Gasteiger partial charge >= 0.3 is 0 Å². The summed E-state index contributed by atoms with van der Waals surface area (Å²) in [7, 11) is 0. The molecule has 3 atom stereocenters. The van der Waals surface area contributed by atoms with E-state index in [1.807, 2.05) is 30.3 Å². The molecule has 3 aliphatic rings. The van der Waals surface area contributed by atoms with E-state index in [0.717, 1.165) is 44.9 Å². The van der Waals surface area contributed by atoms with Crippen molar-refractivity contribution >= 4 is 5.91 Å². The fraction of sp³-hybridized carbons (Fsp3) is 0.632. The molecule has 3 fully saturated rings. The van der Waals surface area contributed by atoms with Gasteiger partial charge in [0.05, 0.1) is 6.10 Å². The first-order chi connectivity index (χ1) is 11.3. The Labute approximate surface area is 138 Å². The van der Waals surface area contributed by atoms with E-state index in [1.165, 1.54) is 19.3 Å². The quantitative estimate of drug-likeness (QED) is 0.858. The van der Waals surface area contributed by atoms with Crippen LogP contribution in [0.4, 0.5) is 0 Å². The van der Waals surface area contributed by atoms with Crippen LogP contribution < -0.4 is 0 Å². The van der Waals surface area contributed by atoms with Crippen LogP contribution in [-0.4, -0.2) is 61.1 Å². The molecule has 0 N–H and O–H groups in total. The van der Waals surface area contributed by atoms with Gasteiger partial charge in [-0.25, -0.2) is 0 Å². The Morgan fingerprint density at radius 3 is 2.70 bits per heavy atom. The van der Waals surface area contributed by atoms with Crippen LogP contribution in [0.25, 0.3) is 0 Å². The number of hydrogen-bond acceptors (Lipinski definition) is 3. The number of piperidine rings is 1. The summed E-state index contributed by atoms with van der Waals surface area (Å²) in [6.07, 6.45) is 4.08. The largest absolute Gasteiger partial charge is 0.377 e. The number of carbonyl (C=O) groups is 1. The molecule has 0 unspecified atom stereocenters. The number of likely N-dealkylation sites (tertiary alicyclic amines) is 2. The predicted molar refractivity (Wildman–Crippen MR) is 89.4 cm³/mol. The number of amides is 1. The van der Waals surface area contributed by atoms with Crippen LogP contribution in [0.1, 0.15) is 29.6 Å². The molecule has 0 radical (unpaired) electrons. The monoisotopic (exact) mass is 314 g/mol. The van der Waals surface area contributed by atoms with Crippen LogP contribution in [0.3, 0.4) is 0 Å². The summed E-state index contributed by atoms with van der Waals surface area (Å²) in [5.74, 6) is 1.52. The predicted octanol–water partition coefficient (Wildman–Crippen LogP) is 2.26. The second-order valence-electron chi connectivity index (χ2n) is 7.28. The van der Waals surface area contributed by atoms with E-state index in [0.29, 0.717) is 17.9 Å². The first-order valence-corrected chi connectivity index (χ1v) is 8.98. The third kappa shape index (κ3) is 3.29. The van der Waals surface area contributed by atoms with Crippen LogP contribution in [0.15, 0.2) is 30.3 Å². The molecule has 3 aliphatic heterocycles. The van der Waals surface area contributed by atoms with Crippen molar-refractivity contribution in [3.63, 3.8) is 0 Å². The molecule has 0 saturated carbocycles. The molecule has 0 bridgehead atoms. The Morgan fingerprint density at radius 2 is 1.91 bits per heavy atom. The fourth-order valence-electron chi connectivity index (χ4n) is 4.42. The van der Waals surface area contributed by atoms with Gasteiger partial charge in [-0.15, -0.1) is 0 Å². The Balaban J connectivity index is 1.35. The van der Waals surface area contributed by atoms with Crippen molar-refractivity contribution in [2.75, 3.05) is 39.3 Å². The number of hydrogen-bond donors (Lipinski definition) is 0. The van der Waals surface area contributed by atoms with Gasteiger partial charge in [-0.05, 0) is 49.8 Å². The topological polar surface area (TPSA) is 32.8 Å². The minimum atomic E-state index is 0.200. The van der Waals surface area contributed by atoms with Crippen LogP contribution in [-0.2, 0) is 4.74 Å². The highest BCUT2D eigenvalue weighted by atomic mass is 16.5. The smallest absolute Gasteiger partial charge is 0.253 e. The van der Waals surface area contributed by atoms with Gasteiger partial charge in [-0.2, -0.15) is 0 Å². The van der Waals surface area contributed by atoms with E-state index in [9.17, 15) is 4.79 Å². The van der Waals surface area contributed by atoms with Gasteiger partial charge in [0.15, 0.2) is 0 Å². The zero-order valence-electron chi connectivity index (χ0n) is 13.7. The second kappa shape index (κ2) is 6.62. The number of carbonyl (C=O) groups excluding carboxylic acids is 1. The molecule has 23 heavy (non-hydrogen) atoms. The lowest BCUT2D eigenvalue weighted by molar-refractivity contribution is 0.0506. The van der Waals surface area contributed by atoms with Crippen molar-refractivity contribution in [3.05, 3.63) is 35.9 Å². The van der Waals surface area contributed by atoms with Crippen LogP contribution in [0.5, 0.6) is 0 Å². The molecule has 1 amide bonds. The summed E-state index contributed by atoms with van der Waals surface area (Å²) in [4.78, 5) is 17.3. The summed E-state index contributed by atoms with van der Waals surface area (Å²) < 4.78 is 5.78. The molecular weight excluding hydrogens is 288 g/mol. The van der Waals surface area contributed by atoms with Gasteiger partial charge in [0.1, 0.15) is 0 Å². The summed E-state index contributed by atoms with van der Waals surface area (Å²) >= 11 is 0. The Hall–Kier alpha value is -1.39. The number of nitrogens with zero attached hydrogens (tertiary/aromatic N) is 2. The molecule has 124 valence electrons. The normalized spacial score (nSPS) is 31.3. The SMILES string of the molecule is O=C(c1ccccc1)N1C[C@H]2CN(C[C@@H]3CCCO3)CC[C@H]2C1. The zero-order chi connectivity index (χ0) is 15.6. The van der Waals surface area contributed by atoms with Crippen molar-refractivity contribution < 1.29 is 9.53 Å². The van der Waals surface area contributed by atoms with Gasteiger partial charge in [-0.3, -0.25) is 4.79 Å². The first-order valence-electron chi connectivity index (χ1n) is 8.98. The lowest BCUT2D eigenvalue weighted by atomic mass is 9.88. The highest BCUT2D eigenvalue weighted by Crippen LogP contribution is 2.32. The van der Waals surface area contributed by atoms with Gasteiger partial charge in [-0.1, -0.05) is 18.2 Å². The Bertz CT molecular complexity index is 542. The highest BCUT2D eigenvalue weighted by molar-refractivity contribution is 5.94. The minimum Gasteiger partial charge on any atom is -0.377 e. The zero-order valence-corrected chi connectivity index (χ0v) is 13.7. The molecule has 0 aliphatic carbocycles. The van der Waals surface area contributed by atoms with E-state index < -0.39 is 0 Å². The molecule has 3 saturated heterocycles. The summed E-state index contributed by atoms with van der Waals surface area (Å²) in [5, 5.41) is 0. The molecule has 4 rings (SSSR count). The number of rotatable bonds is 3. The number of benzene rings is 1. The standard InChI is InChI=1S/C19H26N2O2/c22-19(15-5-2-1-3-6-15)21-12-16-8-9-20(11-17(16)13-21)14-18-7-4-10-23-18/h1-3,5-6,16-18H,4,7-14H2/t16-,17+,18-/m0/s1. The maximum Gasteiger partial charge on any atom is 0.253 e. The molecule has 1 aromatic carbocycles. The maximum absolute atomic E-state index is 12.6. The summed E-state index contributed by atoms with van der Waals surface area (Å²) in [6.45, 7) is 6.16. The lowest BCUT2D eigenvalue weighted by Gasteiger charge is -2.35. The van der Waals surface area contributed by atoms with E-state index in [1.54, 1.807) is 0 Å². The van der Waals surface area contributed by atoms with E-state index in [4.69, 9.17) is 4.74 Å². The molecule has 4 nitrogen and oxygen atoms in total. The van der Waals surface area contributed by atoms with Crippen LogP contribution >= 0.6 is 0 Å². The molecule has 1 aromatic rings. The van der Waals surface area contributed by atoms with E-state index in [2.05, 4.69) is 9.80 Å². The molecule has 0 aromatic heterocycles. The van der Waals surface area contributed by atoms with Gasteiger partial charge in [0.25, 0.3) is 5.91 Å². The number of fused-ring (bicyclic) bond motifs is 1. The third-order valence-electron chi connectivity index (χ3n) is 5.68. The maximum atomic E-state index is 12.6. The van der Waals surface area contributed by atoms with Crippen molar-refractivity contribution in [2.24, 2.45) is 11.8 Å². The van der Waals surface area contributed by atoms with Crippen molar-refractivity contribution in [2.45, 2.75) is 25.4 Å². The van der Waals surface area contributed by atoms with Gasteiger partial charge in [0.2, 0.25) is 0 Å². The fourth-order valence-corrected chi connectivity index (χ4v) is 4.42. The van der Waals surface area contributed by atoms with Crippen molar-refractivity contribution in [1.29, 1.82) is 0 Å². The molecular formula is C19H26N2O2. The molecule has 3 heterocycles. The van der Waals surface area contributed by atoms with Crippen LogP contribution in [0.2, 0.25) is 0 Å². The molecule has 4 heteroatoms. The Kier molecular flexibility index (Phi) is 4.36. The Morgan fingerprint density at radius 1 is 1.09 bits per heavy atom. The average Bonchev–Trinajstić information content (AvgIpc) is 3.24. The van der Waals surface area contributed by atoms with Crippen LogP contribution in [0, 0.1) is 11.8 Å². The van der Waals surface area contributed by atoms with Crippen molar-refractivity contribution in [1.82, 2.24) is 9.80 Å². The lowest BCUT2D eigenvalue weighted by Crippen LogP contribution is -2.43. The summed E-state index contributed by atoms with van der Waals surface area (Å²) in [5.41, 5.74) is 0.822. The van der Waals surface area contributed by atoms with E-state index in [-0.39, 0.29) is 5.91 Å². The minimum absolute atomic E-state index is 0.200. The molecule has 0 spiro atoms. The van der Waals surface area contributed by atoms with Gasteiger partial charge in [0, 0.05) is 38.3 Å². The van der Waals surface area contributed by atoms with E-state index >= 15 is 0 Å². The number of ether oxygens (including phenoxy) is 1. The first kappa shape index (κ1) is 15.2.